The molecule has 2 fully saturated rings. The van der Waals surface area contributed by atoms with Crippen molar-refractivity contribution < 1.29 is 31.2 Å². The van der Waals surface area contributed by atoms with Gasteiger partial charge in [0.15, 0.2) is 0 Å². The van der Waals surface area contributed by atoms with E-state index in [4.69, 9.17) is 0 Å². The molecule has 1 spiro atoms. The molecule has 14 heteroatoms. The molecule has 3 amide bonds. The number of alkyl halides is 3. The minimum Gasteiger partial charge on any atom is -0.305 e. The minimum atomic E-state index is -4.46. The van der Waals surface area contributed by atoms with Crippen LogP contribution in [0.1, 0.15) is 18.4 Å². The van der Waals surface area contributed by atoms with Crippen molar-refractivity contribution >= 4 is 56.4 Å². The summed E-state index contributed by atoms with van der Waals surface area (Å²) in [5, 5.41) is 1.63. The predicted octanol–water partition coefficient (Wildman–Crippen LogP) is 5.06. The molecular formula is C22H17F3N4O4S3. The molecule has 2 aliphatic rings. The van der Waals surface area contributed by atoms with Crippen molar-refractivity contribution in [2.75, 3.05) is 9.62 Å². The average molecular weight is 555 g/mol. The number of carbonyl (C=O) groups is 2. The second kappa shape index (κ2) is 8.78. The molecule has 188 valence electrons. The summed E-state index contributed by atoms with van der Waals surface area (Å²) in [6.07, 6.45) is 3.64. The Morgan fingerprint density at radius 1 is 1.11 bits per heavy atom. The number of thiophene rings is 1. The smallest absolute Gasteiger partial charge is 0.305 e. The molecule has 1 saturated heterocycles. The van der Waals surface area contributed by atoms with Gasteiger partial charge in [0.1, 0.15) is 9.75 Å². The third-order valence-electron chi connectivity index (χ3n) is 5.84. The first-order chi connectivity index (χ1) is 17.0. The molecule has 0 unspecified atom stereocenters. The van der Waals surface area contributed by atoms with Gasteiger partial charge in [-0.1, -0.05) is 6.07 Å². The number of rotatable bonds is 7. The van der Waals surface area contributed by atoms with Crippen molar-refractivity contribution in [2.24, 2.45) is 0 Å². The molecule has 36 heavy (non-hydrogen) atoms. The summed E-state index contributed by atoms with van der Waals surface area (Å²) in [4.78, 5) is 32.9. The zero-order valence-corrected chi connectivity index (χ0v) is 20.7. The van der Waals surface area contributed by atoms with Gasteiger partial charge in [-0.15, -0.1) is 11.3 Å². The first-order valence-electron chi connectivity index (χ1n) is 10.5. The number of amides is 3. The van der Waals surface area contributed by atoms with Crippen molar-refractivity contribution in [1.82, 2.24) is 9.88 Å². The molecule has 1 aliphatic heterocycles. The monoisotopic (exact) mass is 554 g/mol. The SMILES string of the molecule is O=C1N(c2ccc(SC(F)(F)F)cc2)C(=O)C2(CC2)N1Cc1ccncc1NS(=O)(=O)c1cccs1. The van der Waals surface area contributed by atoms with E-state index in [-0.39, 0.29) is 38.8 Å². The van der Waals surface area contributed by atoms with Crippen LogP contribution in [0.25, 0.3) is 0 Å². The highest BCUT2D eigenvalue weighted by Crippen LogP contribution is 2.50. The summed E-state index contributed by atoms with van der Waals surface area (Å²) >= 11 is 0.762. The van der Waals surface area contributed by atoms with Gasteiger partial charge in [-0.2, -0.15) is 13.2 Å². The van der Waals surface area contributed by atoms with Crippen LogP contribution in [0, 0.1) is 0 Å². The number of thioether (sulfide) groups is 1. The van der Waals surface area contributed by atoms with Gasteiger partial charge in [0.2, 0.25) is 0 Å². The van der Waals surface area contributed by atoms with E-state index < -0.39 is 33.0 Å². The summed E-state index contributed by atoms with van der Waals surface area (Å²) in [7, 11) is -3.87. The Labute approximate surface area is 212 Å². The van der Waals surface area contributed by atoms with Gasteiger partial charge in [0.05, 0.1) is 24.1 Å². The quantitative estimate of drug-likeness (QED) is 0.324. The lowest BCUT2D eigenvalue weighted by Gasteiger charge is -2.23. The molecule has 8 nitrogen and oxygen atoms in total. The molecule has 0 bridgehead atoms. The summed E-state index contributed by atoms with van der Waals surface area (Å²) in [5.41, 5.74) is -4.74. The number of imide groups is 1. The van der Waals surface area contributed by atoms with Crippen LogP contribution in [-0.2, 0) is 21.4 Å². The summed E-state index contributed by atoms with van der Waals surface area (Å²) < 4.78 is 66.0. The second-order valence-corrected chi connectivity index (χ2v) is 12.1. The van der Waals surface area contributed by atoms with E-state index >= 15 is 0 Å². The molecule has 1 aromatic carbocycles. The van der Waals surface area contributed by atoms with Gasteiger partial charge in [-0.25, -0.2) is 18.1 Å². The predicted molar refractivity (Wildman–Crippen MR) is 128 cm³/mol. The van der Waals surface area contributed by atoms with Gasteiger partial charge in [-0.3, -0.25) is 14.5 Å². The minimum absolute atomic E-state index is 0.0616. The van der Waals surface area contributed by atoms with Crippen LogP contribution in [0.3, 0.4) is 0 Å². The summed E-state index contributed by atoms with van der Waals surface area (Å²) in [6, 6.07) is 9.02. The van der Waals surface area contributed by atoms with Crippen molar-refractivity contribution in [2.45, 2.75) is 39.5 Å². The van der Waals surface area contributed by atoms with E-state index in [9.17, 15) is 31.2 Å². The Balaban J connectivity index is 1.40. The number of nitrogens with zero attached hydrogens (tertiary/aromatic N) is 3. The van der Waals surface area contributed by atoms with Crippen LogP contribution in [0.4, 0.5) is 29.3 Å². The lowest BCUT2D eigenvalue weighted by atomic mass is 10.1. The van der Waals surface area contributed by atoms with Crippen LogP contribution >= 0.6 is 23.1 Å². The topological polar surface area (TPSA) is 99.7 Å². The average Bonchev–Trinajstić information content (AvgIpc) is 3.34. The number of urea groups is 1. The van der Waals surface area contributed by atoms with Crippen molar-refractivity contribution in [3.05, 3.63) is 65.8 Å². The fourth-order valence-electron chi connectivity index (χ4n) is 3.99. The van der Waals surface area contributed by atoms with Crippen molar-refractivity contribution in [3.63, 3.8) is 0 Å². The number of pyridine rings is 1. The molecule has 3 aromatic rings. The Bertz CT molecular complexity index is 1420. The molecule has 1 saturated carbocycles. The maximum absolute atomic E-state index is 13.4. The number of benzene rings is 1. The number of sulfonamides is 1. The summed E-state index contributed by atoms with van der Waals surface area (Å²) in [5.74, 6) is -0.460. The Morgan fingerprint density at radius 3 is 2.44 bits per heavy atom. The molecular weight excluding hydrogens is 537 g/mol. The lowest BCUT2D eigenvalue weighted by Crippen LogP contribution is -2.36. The van der Waals surface area contributed by atoms with Gasteiger partial charge < -0.3 is 4.90 Å². The van der Waals surface area contributed by atoms with E-state index in [1.165, 1.54) is 47.6 Å². The maximum atomic E-state index is 13.4. The Morgan fingerprint density at radius 2 is 1.83 bits per heavy atom. The number of nitrogens with one attached hydrogen (secondary N) is 1. The van der Waals surface area contributed by atoms with Crippen LogP contribution in [-0.4, -0.2) is 41.3 Å². The third kappa shape index (κ3) is 4.55. The molecule has 1 aliphatic carbocycles. The lowest BCUT2D eigenvalue weighted by molar-refractivity contribution is -0.120. The number of hydrogen-bond acceptors (Lipinski definition) is 7. The molecule has 0 radical (unpaired) electrons. The number of aromatic nitrogens is 1. The first kappa shape index (κ1) is 24.6. The van der Waals surface area contributed by atoms with E-state index in [2.05, 4.69) is 9.71 Å². The standard InChI is InChI=1S/C22H17F3N4O4S3/c23-22(24,25)35-16-5-3-15(4-6-16)29-19(30)21(8-9-21)28(20(29)31)13-14-7-10-26-12-17(14)27-36(32,33)18-2-1-11-34-18/h1-7,10-12,27H,8-9,13H2. The number of carbonyl (C=O) groups excluding carboxylic acids is 2. The Hall–Kier alpha value is -3.10. The number of anilines is 2. The third-order valence-corrected chi connectivity index (χ3v) is 9.34. The molecule has 3 heterocycles. The fraction of sp³-hybridized carbons (Fsp3) is 0.227. The van der Waals surface area contributed by atoms with Gasteiger partial charge in [0, 0.05) is 11.1 Å². The van der Waals surface area contributed by atoms with E-state index in [0.717, 1.165) is 16.2 Å². The van der Waals surface area contributed by atoms with E-state index in [1.54, 1.807) is 17.5 Å². The molecule has 5 rings (SSSR count). The normalized spacial score (nSPS) is 17.2. The van der Waals surface area contributed by atoms with Crippen LogP contribution in [0.5, 0.6) is 0 Å². The van der Waals surface area contributed by atoms with E-state index in [0.29, 0.717) is 18.4 Å². The largest absolute Gasteiger partial charge is 0.446 e. The highest BCUT2D eigenvalue weighted by molar-refractivity contribution is 8.00. The van der Waals surface area contributed by atoms with Crippen LogP contribution < -0.4 is 9.62 Å². The molecule has 0 atom stereocenters. The Kier molecular flexibility index (Phi) is 6.00. The van der Waals surface area contributed by atoms with Crippen molar-refractivity contribution in [1.29, 1.82) is 0 Å². The second-order valence-electron chi connectivity index (χ2n) is 8.15. The number of hydrogen-bond donors (Lipinski definition) is 1. The van der Waals surface area contributed by atoms with Gasteiger partial charge >= 0.3 is 11.5 Å². The van der Waals surface area contributed by atoms with Crippen LogP contribution in [0.2, 0.25) is 0 Å². The van der Waals surface area contributed by atoms with Crippen molar-refractivity contribution in [3.8, 4) is 0 Å². The number of halogens is 3. The molecule has 1 N–H and O–H groups in total. The summed E-state index contributed by atoms with van der Waals surface area (Å²) in [6.45, 7) is -0.0616. The van der Waals surface area contributed by atoms with Gasteiger partial charge in [0.25, 0.3) is 15.9 Å². The van der Waals surface area contributed by atoms with E-state index in [1.807, 2.05) is 0 Å². The maximum Gasteiger partial charge on any atom is 0.446 e. The van der Waals surface area contributed by atoms with Crippen LogP contribution in [0.15, 0.2) is 69.3 Å². The highest BCUT2D eigenvalue weighted by atomic mass is 32.2. The van der Waals surface area contributed by atoms with Gasteiger partial charge in [-0.05, 0) is 71.9 Å². The zero-order valence-electron chi connectivity index (χ0n) is 18.2. The fourth-order valence-corrected chi connectivity index (χ4v) is 6.61. The molecule has 2 aromatic heterocycles. The highest BCUT2D eigenvalue weighted by Gasteiger charge is 2.65. The zero-order chi connectivity index (χ0) is 25.7. The first-order valence-corrected chi connectivity index (χ1v) is 13.7.